The standard InChI is InChI=1S/C7H7N3O2.ClH/c8-4-6-9-7(12-10-6)5-2-1-3-11-5;/h1-3H,4,8H2;1H. The van der Waals surface area contributed by atoms with Crippen LogP contribution in [0.1, 0.15) is 5.82 Å². The second kappa shape index (κ2) is 4.06. The van der Waals surface area contributed by atoms with Crippen molar-refractivity contribution >= 4 is 12.4 Å². The molecule has 5 nitrogen and oxygen atoms in total. The first kappa shape index (κ1) is 9.76. The third-order valence-electron chi connectivity index (χ3n) is 1.38. The van der Waals surface area contributed by atoms with Gasteiger partial charge in [0.15, 0.2) is 11.6 Å². The topological polar surface area (TPSA) is 78.1 Å². The summed E-state index contributed by atoms with van der Waals surface area (Å²) in [5, 5.41) is 3.62. The van der Waals surface area contributed by atoms with Crippen LogP contribution in [0, 0.1) is 0 Å². The first-order chi connectivity index (χ1) is 5.90. The molecule has 0 saturated heterocycles. The van der Waals surface area contributed by atoms with Gasteiger partial charge in [-0.15, -0.1) is 12.4 Å². The van der Waals surface area contributed by atoms with Crippen molar-refractivity contribution < 1.29 is 8.94 Å². The second-order valence-electron chi connectivity index (χ2n) is 2.20. The van der Waals surface area contributed by atoms with Crippen LogP contribution in [0.5, 0.6) is 0 Å². The Labute approximate surface area is 80.3 Å². The number of hydrogen-bond donors (Lipinski definition) is 1. The van der Waals surface area contributed by atoms with Crippen LogP contribution in [0.15, 0.2) is 27.3 Å². The number of nitrogens with zero attached hydrogens (tertiary/aromatic N) is 2. The summed E-state index contributed by atoms with van der Waals surface area (Å²) in [5.74, 6) is 1.39. The highest BCUT2D eigenvalue weighted by Gasteiger charge is 2.08. The van der Waals surface area contributed by atoms with E-state index in [0.29, 0.717) is 17.5 Å². The number of hydrogen-bond acceptors (Lipinski definition) is 5. The molecular formula is C7H8ClN3O2. The van der Waals surface area contributed by atoms with Gasteiger partial charge in [0.25, 0.3) is 5.89 Å². The van der Waals surface area contributed by atoms with E-state index in [9.17, 15) is 0 Å². The zero-order chi connectivity index (χ0) is 8.39. The minimum atomic E-state index is 0. The molecule has 2 aromatic heterocycles. The molecule has 6 heteroatoms. The van der Waals surface area contributed by atoms with E-state index in [4.69, 9.17) is 14.7 Å². The molecule has 0 aromatic carbocycles. The lowest BCUT2D eigenvalue weighted by Crippen LogP contribution is -1.97. The van der Waals surface area contributed by atoms with E-state index in [2.05, 4.69) is 10.1 Å². The number of nitrogens with two attached hydrogens (primary N) is 1. The Hall–Kier alpha value is -1.33. The summed E-state index contributed by atoms with van der Waals surface area (Å²) in [6.07, 6.45) is 1.54. The fourth-order valence-electron chi connectivity index (χ4n) is 0.837. The summed E-state index contributed by atoms with van der Waals surface area (Å²) in [7, 11) is 0. The number of furan rings is 1. The predicted octanol–water partition coefficient (Wildman–Crippen LogP) is 1.21. The summed E-state index contributed by atoms with van der Waals surface area (Å²) in [5.41, 5.74) is 5.30. The van der Waals surface area contributed by atoms with Crippen molar-refractivity contribution in [1.29, 1.82) is 0 Å². The van der Waals surface area contributed by atoms with Crippen LogP contribution in [-0.4, -0.2) is 10.1 Å². The lowest BCUT2D eigenvalue weighted by molar-refractivity contribution is 0.409. The van der Waals surface area contributed by atoms with Gasteiger partial charge in [-0.2, -0.15) is 4.98 Å². The van der Waals surface area contributed by atoms with Gasteiger partial charge >= 0.3 is 0 Å². The third-order valence-corrected chi connectivity index (χ3v) is 1.38. The molecule has 0 aliphatic carbocycles. The van der Waals surface area contributed by atoms with Crippen LogP contribution < -0.4 is 5.73 Å². The first-order valence-electron chi connectivity index (χ1n) is 3.46. The molecule has 0 bridgehead atoms. The van der Waals surface area contributed by atoms with Gasteiger partial charge in [0.05, 0.1) is 12.8 Å². The van der Waals surface area contributed by atoms with E-state index in [1.165, 1.54) is 0 Å². The van der Waals surface area contributed by atoms with Crippen molar-refractivity contribution in [1.82, 2.24) is 10.1 Å². The van der Waals surface area contributed by atoms with E-state index in [1.54, 1.807) is 18.4 Å². The van der Waals surface area contributed by atoms with Crippen molar-refractivity contribution in [3.8, 4) is 11.7 Å². The molecule has 2 heterocycles. The Morgan fingerprint density at radius 2 is 2.31 bits per heavy atom. The molecule has 0 atom stereocenters. The lowest BCUT2D eigenvalue weighted by atomic mass is 10.4. The van der Waals surface area contributed by atoms with Gasteiger partial charge in [0, 0.05) is 0 Å². The molecule has 0 radical (unpaired) electrons. The average molecular weight is 202 g/mol. The zero-order valence-corrected chi connectivity index (χ0v) is 7.45. The minimum absolute atomic E-state index is 0. The smallest absolute Gasteiger partial charge is 0.293 e. The van der Waals surface area contributed by atoms with Gasteiger partial charge in [0.2, 0.25) is 0 Å². The minimum Gasteiger partial charge on any atom is -0.459 e. The van der Waals surface area contributed by atoms with Gasteiger partial charge in [-0.05, 0) is 12.1 Å². The van der Waals surface area contributed by atoms with Gasteiger partial charge < -0.3 is 14.7 Å². The van der Waals surface area contributed by atoms with Crippen LogP contribution in [0.25, 0.3) is 11.7 Å². The molecule has 13 heavy (non-hydrogen) atoms. The summed E-state index contributed by atoms with van der Waals surface area (Å²) in [6.45, 7) is 0.268. The monoisotopic (exact) mass is 201 g/mol. The SMILES string of the molecule is Cl.NCc1noc(-c2ccco2)n1. The Morgan fingerprint density at radius 1 is 1.46 bits per heavy atom. The third kappa shape index (κ3) is 1.88. The van der Waals surface area contributed by atoms with E-state index in [-0.39, 0.29) is 19.0 Å². The normalized spacial score (nSPS) is 9.62. The van der Waals surface area contributed by atoms with Crippen molar-refractivity contribution in [2.24, 2.45) is 5.73 Å². The quantitative estimate of drug-likeness (QED) is 0.790. The Morgan fingerprint density at radius 3 is 2.85 bits per heavy atom. The van der Waals surface area contributed by atoms with E-state index < -0.39 is 0 Å². The molecule has 0 amide bonds. The van der Waals surface area contributed by atoms with Crippen LogP contribution in [-0.2, 0) is 6.54 Å². The molecule has 0 aliphatic rings. The van der Waals surface area contributed by atoms with Crippen LogP contribution >= 0.6 is 12.4 Å². The maximum absolute atomic E-state index is 5.30. The zero-order valence-electron chi connectivity index (χ0n) is 6.64. The van der Waals surface area contributed by atoms with Gasteiger partial charge in [0.1, 0.15) is 0 Å². The van der Waals surface area contributed by atoms with Crippen LogP contribution in [0.3, 0.4) is 0 Å². The molecule has 0 saturated carbocycles. The first-order valence-corrected chi connectivity index (χ1v) is 3.46. The van der Waals surface area contributed by atoms with Gasteiger partial charge in [-0.1, -0.05) is 5.16 Å². The molecule has 0 aliphatic heterocycles. The van der Waals surface area contributed by atoms with Crippen molar-refractivity contribution in [3.05, 3.63) is 24.2 Å². The number of rotatable bonds is 2. The van der Waals surface area contributed by atoms with Crippen molar-refractivity contribution in [3.63, 3.8) is 0 Å². The Balaban J connectivity index is 0.000000845. The lowest BCUT2D eigenvalue weighted by Gasteiger charge is -1.82. The van der Waals surface area contributed by atoms with E-state index >= 15 is 0 Å². The summed E-state index contributed by atoms with van der Waals surface area (Å²) < 4.78 is 9.91. The van der Waals surface area contributed by atoms with Crippen molar-refractivity contribution in [2.75, 3.05) is 0 Å². The van der Waals surface area contributed by atoms with Crippen LogP contribution in [0.2, 0.25) is 0 Å². The molecule has 2 aromatic rings. The summed E-state index contributed by atoms with van der Waals surface area (Å²) >= 11 is 0. The molecule has 0 spiro atoms. The molecule has 2 N–H and O–H groups in total. The summed E-state index contributed by atoms with van der Waals surface area (Å²) in [6, 6.07) is 3.50. The van der Waals surface area contributed by atoms with Crippen molar-refractivity contribution in [2.45, 2.75) is 6.54 Å². The van der Waals surface area contributed by atoms with Gasteiger partial charge in [-0.25, -0.2) is 0 Å². The van der Waals surface area contributed by atoms with E-state index in [0.717, 1.165) is 0 Å². The maximum atomic E-state index is 5.30. The maximum Gasteiger partial charge on any atom is 0.293 e. The number of aromatic nitrogens is 2. The predicted molar refractivity (Wildman–Crippen MR) is 47.1 cm³/mol. The molecular weight excluding hydrogens is 194 g/mol. The molecule has 2 rings (SSSR count). The van der Waals surface area contributed by atoms with E-state index in [1.807, 2.05) is 0 Å². The van der Waals surface area contributed by atoms with Gasteiger partial charge in [-0.3, -0.25) is 0 Å². The van der Waals surface area contributed by atoms with Crippen LogP contribution in [0.4, 0.5) is 0 Å². The Kier molecular flexibility index (Phi) is 3.05. The highest BCUT2D eigenvalue weighted by molar-refractivity contribution is 5.85. The highest BCUT2D eigenvalue weighted by atomic mass is 35.5. The average Bonchev–Trinajstić information content (AvgIpc) is 2.75. The highest BCUT2D eigenvalue weighted by Crippen LogP contribution is 2.16. The fraction of sp³-hybridized carbons (Fsp3) is 0.143. The summed E-state index contributed by atoms with van der Waals surface area (Å²) in [4.78, 5) is 3.97. The molecule has 70 valence electrons. The number of halogens is 1. The molecule has 0 unspecified atom stereocenters. The second-order valence-corrected chi connectivity index (χ2v) is 2.20. The molecule has 0 fully saturated rings. The fourth-order valence-corrected chi connectivity index (χ4v) is 0.837. The Bertz CT molecular complexity index is 357. The largest absolute Gasteiger partial charge is 0.459 e.